The van der Waals surface area contributed by atoms with E-state index in [2.05, 4.69) is 9.05 Å². The van der Waals surface area contributed by atoms with Gasteiger partial charge in [0, 0.05) is 7.11 Å². The van der Waals surface area contributed by atoms with Gasteiger partial charge in [0.25, 0.3) is 0 Å². The Labute approximate surface area is 126 Å². The highest BCUT2D eigenvalue weighted by Gasteiger charge is 2.00. The molecule has 0 fully saturated rings. The first kappa shape index (κ1) is 19.4. The third kappa shape index (κ3) is 8.56. The van der Waals surface area contributed by atoms with Crippen LogP contribution < -0.4 is 4.74 Å². The molecule has 0 saturated carbocycles. The molecule has 0 aliphatic heterocycles. The van der Waals surface area contributed by atoms with Crippen molar-refractivity contribution >= 4 is 19.9 Å². The van der Waals surface area contributed by atoms with E-state index in [0.29, 0.717) is 30.6 Å². The minimum Gasteiger partial charge on any atom is -0.495 e. The summed E-state index contributed by atoms with van der Waals surface area (Å²) in [6, 6.07) is 5.58. The van der Waals surface area contributed by atoms with Gasteiger partial charge in [0.2, 0.25) is 0 Å². The van der Waals surface area contributed by atoms with Crippen molar-refractivity contribution in [1.29, 1.82) is 0 Å². The van der Waals surface area contributed by atoms with Crippen LogP contribution in [0.5, 0.6) is 5.75 Å². The molecule has 0 N–H and O–H groups in total. The van der Waals surface area contributed by atoms with Gasteiger partial charge in [0.05, 0.1) is 32.0 Å². The maximum absolute atomic E-state index is 10.4. The molecule has 0 aliphatic rings. The van der Waals surface area contributed by atoms with Crippen LogP contribution >= 0.6 is 19.9 Å². The van der Waals surface area contributed by atoms with Gasteiger partial charge < -0.3 is 18.5 Å². The maximum atomic E-state index is 10.4. The highest BCUT2D eigenvalue weighted by Crippen LogP contribution is 2.25. The number of benzene rings is 1. The van der Waals surface area contributed by atoms with E-state index in [0.717, 1.165) is 5.56 Å². The average molecular weight is 325 g/mol. The average Bonchev–Trinajstić information content (AvgIpc) is 2.42. The van der Waals surface area contributed by atoms with Crippen molar-refractivity contribution in [3.63, 3.8) is 0 Å². The number of methoxy groups -OCH3 is 2. The Morgan fingerprint density at radius 1 is 1.15 bits per heavy atom. The van der Waals surface area contributed by atoms with Crippen molar-refractivity contribution in [1.82, 2.24) is 0 Å². The lowest BCUT2D eigenvalue weighted by atomic mass is 10.2. The summed E-state index contributed by atoms with van der Waals surface area (Å²) in [6.45, 7) is 5.05. The third-order valence-corrected chi connectivity index (χ3v) is 3.41. The summed E-state index contributed by atoms with van der Waals surface area (Å²) in [7, 11) is 1.11. The smallest absolute Gasteiger partial charge is 0.319 e. The maximum Gasteiger partial charge on any atom is 0.319 e. The van der Waals surface area contributed by atoms with Gasteiger partial charge in [-0.25, -0.2) is 0 Å². The lowest BCUT2D eigenvalue weighted by molar-refractivity contribution is 0.184. The number of ether oxygens (including phenoxy) is 2. The van der Waals surface area contributed by atoms with Crippen LogP contribution in [0.1, 0.15) is 19.4 Å². The Balaban J connectivity index is 0.000000396. The molecule has 1 aromatic rings. The molecule has 5 nitrogen and oxygen atoms in total. The minimum atomic E-state index is -2.14. The topological polar surface area (TPSA) is 54.0 Å². The largest absolute Gasteiger partial charge is 0.495 e. The van der Waals surface area contributed by atoms with Crippen LogP contribution in [-0.2, 0) is 25.0 Å². The van der Waals surface area contributed by atoms with E-state index in [1.807, 2.05) is 12.1 Å². The van der Waals surface area contributed by atoms with Crippen LogP contribution in [0, 0.1) is 0 Å². The number of halogens is 1. The van der Waals surface area contributed by atoms with Crippen LogP contribution in [-0.4, -0.2) is 27.4 Å². The second kappa shape index (κ2) is 12.2. The molecule has 0 atom stereocenters. The summed E-state index contributed by atoms with van der Waals surface area (Å²) in [5, 5.41) is 0.623. The SMILES string of the molecule is CCO[PH](=O)OCC.COCc1ccc(Cl)c(OC)c1. The Hall–Kier alpha value is -0.580. The van der Waals surface area contributed by atoms with E-state index in [1.165, 1.54) is 0 Å². The zero-order valence-corrected chi connectivity index (χ0v) is 14.0. The zero-order chi connectivity index (χ0) is 15.4. The molecule has 1 aromatic carbocycles. The molecule has 0 unspecified atom stereocenters. The van der Waals surface area contributed by atoms with Gasteiger partial charge in [0.1, 0.15) is 5.75 Å². The van der Waals surface area contributed by atoms with Gasteiger partial charge in [-0.3, -0.25) is 4.57 Å². The van der Waals surface area contributed by atoms with Crippen molar-refractivity contribution in [2.24, 2.45) is 0 Å². The Bertz CT molecular complexity index is 392. The molecular weight excluding hydrogens is 303 g/mol. The Morgan fingerprint density at radius 3 is 2.20 bits per heavy atom. The molecule has 0 aromatic heterocycles. The molecular formula is C13H22ClO5P. The zero-order valence-electron chi connectivity index (χ0n) is 12.3. The van der Waals surface area contributed by atoms with Crippen molar-refractivity contribution in [3.8, 4) is 5.75 Å². The van der Waals surface area contributed by atoms with Crippen molar-refractivity contribution in [3.05, 3.63) is 28.8 Å². The monoisotopic (exact) mass is 324 g/mol. The van der Waals surface area contributed by atoms with Gasteiger partial charge in [-0.15, -0.1) is 0 Å². The predicted molar refractivity (Wildman–Crippen MR) is 81.0 cm³/mol. The van der Waals surface area contributed by atoms with E-state index < -0.39 is 8.25 Å². The molecule has 116 valence electrons. The minimum absolute atomic E-state index is 0.456. The van der Waals surface area contributed by atoms with Gasteiger partial charge >= 0.3 is 8.25 Å². The fourth-order valence-corrected chi connectivity index (χ4v) is 1.99. The van der Waals surface area contributed by atoms with Gasteiger partial charge in [-0.05, 0) is 31.5 Å². The fourth-order valence-electron chi connectivity index (χ4n) is 1.24. The molecule has 0 amide bonds. The summed E-state index contributed by atoms with van der Waals surface area (Å²) in [5.41, 5.74) is 1.05. The van der Waals surface area contributed by atoms with E-state index >= 15 is 0 Å². The summed E-state index contributed by atoms with van der Waals surface area (Å²) < 4.78 is 29.6. The van der Waals surface area contributed by atoms with E-state index in [-0.39, 0.29) is 0 Å². The fraction of sp³-hybridized carbons (Fsp3) is 0.538. The molecule has 0 saturated heterocycles. The van der Waals surface area contributed by atoms with E-state index in [9.17, 15) is 4.57 Å². The Kier molecular flexibility index (Phi) is 11.8. The lowest BCUT2D eigenvalue weighted by Gasteiger charge is -2.05. The lowest BCUT2D eigenvalue weighted by Crippen LogP contribution is -1.90. The summed E-state index contributed by atoms with van der Waals surface area (Å²) in [5.74, 6) is 0.686. The third-order valence-electron chi connectivity index (χ3n) is 2.05. The molecule has 0 aliphatic carbocycles. The first-order chi connectivity index (χ1) is 9.58. The highest BCUT2D eigenvalue weighted by molar-refractivity contribution is 7.33. The highest BCUT2D eigenvalue weighted by atomic mass is 35.5. The van der Waals surface area contributed by atoms with Crippen LogP contribution in [0.3, 0.4) is 0 Å². The molecule has 0 bridgehead atoms. The predicted octanol–water partition coefficient (Wildman–Crippen LogP) is 3.94. The van der Waals surface area contributed by atoms with Crippen LogP contribution in [0.2, 0.25) is 5.02 Å². The van der Waals surface area contributed by atoms with E-state index in [1.54, 1.807) is 34.1 Å². The molecule has 1 rings (SSSR count). The number of hydrogen-bond acceptors (Lipinski definition) is 5. The van der Waals surface area contributed by atoms with E-state index in [4.69, 9.17) is 21.1 Å². The quantitative estimate of drug-likeness (QED) is 0.711. The number of hydrogen-bond donors (Lipinski definition) is 0. The molecule has 20 heavy (non-hydrogen) atoms. The Morgan fingerprint density at radius 2 is 1.75 bits per heavy atom. The first-order valence-corrected chi connectivity index (χ1v) is 7.80. The molecule has 0 heterocycles. The molecule has 7 heteroatoms. The van der Waals surface area contributed by atoms with Gasteiger partial charge in [-0.2, -0.15) is 0 Å². The molecule has 0 spiro atoms. The summed E-state index contributed by atoms with van der Waals surface area (Å²) in [6.07, 6.45) is 0. The van der Waals surface area contributed by atoms with Crippen LogP contribution in [0.25, 0.3) is 0 Å². The molecule has 0 radical (unpaired) electrons. The summed E-state index contributed by atoms with van der Waals surface area (Å²) >= 11 is 5.83. The normalized spacial score (nSPS) is 10.1. The second-order valence-corrected chi connectivity index (χ2v) is 5.00. The first-order valence-electron chi connectivity index (χ1n) is 6.19. The summed E-state index contributed by atoms with van der Waals surface area (Å²) in [4.78, 5) is 0. The van der Waals surface area contributed by atoms with Gasteiger partial charge in [0.15, 0.2) is 0 Å². The van der Waals surface area contributed by atoms with Crippen molar-refractivity contribution < 1.29 is 23.1 Å². The van der Waals surface area contributed by atoms with Crippen molar-refractivity contribution in [2.45, 2.75) is 20.5 Å². The second-order valence-electron chi connectivity index (χ2n) is 3.52. The van der Waals surface area contributed by atoms with Crippen molar-refractivity contribution in [2.75, 3.05) is 27.4 Å². The van der Waals surface area contributed by atoms with Gasteiger partial charge in [-0.1, -0.05) is 17.7 Å². The number of rotatable bonds is 7. The van der Waals surface area contributed by atoms with Crippen LogP contribution in [0.15, 0.2) is 18.2 Å². The van der Waals surface area contributed by atoms with Crippen LogP contribution in [0.4, 0.5) is 0 Å². The standard InChI is InChI=1S/C9H11ClO2.C4H11O3P/c1-11-6-7-3-4-8(10)9(5-7)12-2;1-3-6-8(5)7-4-2/h3-5H,6H2,1-2H3;8H,3-4H2,1-2H3.